The van der Waals surface area contributed by atoms with Gasteiger partial charge in [-0.25, -0.2) is 4.39 Å². The molecule has 4 heteroatoms. The molecule has 0 saturated heterocycles. The highest BCUT2D eigenvalue weighted by Crippen LogP contribution is 2.23. The molecule has 0 atom stereocenters. The number of methoxy groups -OCH3 is 1. The number of hydrogen-bond donors (Lipinski definition) is 1. The Hall–Kier alpha value is -2.51. The lowest BCUT2D eigenvalue weighted by Gasteiger charge is -2.10. The van der Waals surface area contributed by atoms with Gasteiger partial charge in [0.2, 0.25) is 0 Å². The van der Waals surface area contributed by atoms with Crippen LogP contribution in [0.15, 0.2) is 42.5 Å². The summed E-state index contributed by atoms with van der Waals surface area (Å²) in [6.45, 7) is -0.153. The van der Waals surface area contributed by atoms with E-state index >= 15 is 0 Å². The lowest BCUT2D eigenvalue weighted by atomic mass is 10.2. The molecule has 0 bridgehead atoms. The monoisotopic (exact) mass is 286 g/mol. The van der Waals surface area contributed by atoms with Crippen LogP contribution in [0.25, 0.3) is 0 Å². The van der Waals surface area contributed by atoms with Crippen molar-refractivity contribution in [3.63, 3.8) is 0 Å². The average Bonchev–Trinajstić information content (AvgIpc) is 2.52. The van der Waals surface area contributed by atoms with E-state index in [1.807, 2.05) is 6.07 Å². The minimum Gasteiger partial charge on any atom is -0.494 e. The number of benzene rings is 2. The van der Waals surface area contributed by atoms with Crippen LogP contribution in [0.3, 0.4) is 0 Å². The van der Waals surface area contributed by atoms with E-state index in [0.29, 0.717) is 16.9 Å². The van der Waals surface area contributed by atoms with Crippen LogP contribution in [0.5, 0.6) is 11.5 Å². The van der Waals surface area contributed by atoms with E-state index in [0.717, 1.165) is 0 Å². The maximum atomic E-state index is 14.0. The molecule has 0 radical (unpaired) electrons. The molecule has 0 heterocycles. The van der Waals surface area contributed by atoms with Crippen LogP contribution >= 0.6 is 0 Å². The summed E-state index contributed by atoms with van der Waals surface area (Å²) in [6.07, 6.45) is 0. The van der Waals surface area contributed by atoms with Gasteiger partial charge in [0.25, 0.3) is 0 Å². The zero-order valence-corrected chi connectivity index (χ0v) is 11.6. The van der Waals surface area contributed by atoms with Gasteiger partial charge in [-0.3, -0.25) is 0 Å². The second-order valence-electron chi connectivity index (χ2n) is 4.18. The highest BCUT2D eigenvalue weighted by atomic mass is 19.1. The summed E-state index contributed by atoms with van der Waals surface area (Å²) in [7, 11) is 1.42. The number of aliphatic hydroxyl groups excluding tert-OH is 1. The van der Waals surface area contributed by atoms with Crippen molar-refractivity contribution in [1.82, 2.24) is 0 Å². The molecule has 2 rings (SSSR count). The van der Waals surface area contributed by atoms with Crippen molar-refractivity contribution >= 4 is 0 Å². The molecular weight excluding hydrogens is 271 g/mol. The van der Waals surface area contributed by atoms with Gasteiger partial charge in [-0.15, -0.1) is 0 Å². The maximum Gasteiger partial charge on any atom is 0.171 e. The zero-order chi connectivity index (χ0) is 15.1. The van der Waals surface area contributed by atoms with Gasteiger partial charge >= 0.3 is 0 Å². The van der Waals surface area contributed by atoms with Gasteiger partial charge in [0, 0.05) is 5.56 Å². The van der Waals surface area contributed by atoms with Gasteiger partial charge in [0.1, 0.15) is 19.0 Å². The molecule has 0 aliphatic heterocycles. The minimum absolute atomic E-state index is 0.0703. The van der Waals surface area contributed by atoms with Crippen molar-refractivity contribution in [2.24, 2.45) is 0 Å². The Kier molecular flexibility index (Phi) is 5.19. The van der Waals surface area contributed by atoms with E-state index < -0.39 is 5.82 Å². The average molecular weight is 286 g/mol. The van der Waals surface area contributed by atoms with Gasteiger partial charge in [-0.2, -0.15) is 0 Å². The Bertz CT molecular complexity index is 671. The molecule has 1 N–H and O–H groups in total. The predicted octanol–water partition coefficient (Wildman–Crippen LogP) is 2.76. The number of rotatable bonds is 4. The van der Waals surface area contributed by atoms with Crippen molar-refractivity contribution in [2.75, 3.05) is 13.7 Å². The second-order valence-corrected chi connectivity index (χ2v) is 4.18. The first-order valence-electron chi connectivity index (χ1n) is 6.39. The lowest BCUT2D eigenvalue weighted by Crippen LogP contribution is -2.01. The number of para-hydroxylation sites is 1. The standard InChI is InChI=1S/C17H15FO3/c1-20-16-10-4-7-14(17(16)18)12-21-15-9-3-2-6-13(15)8-5-11-19/h2-4,6-7,9-10,19H,11-12H2,1H3. The number of halogens is 1. The first-order valence-corrected chi connectivity index (χ1v) is 6.39. The van der Waals surface area contributed by atoms with Crippen molar-refractivity contribution in [3.8, 4) is 23.3 Å². The second kappa shape index (κ2) is 7.32. The molecule has 2 aromatic carbocycles. The van der Waals surface area contributed by atoms with E-state index in [1.165, 1.54) is 7.11 Å². The van der Waals surface area contributed by atoms with E-state index in [4.69, 9.17) is 14.6 Å². The molecule has 0 fully saturated rings. The van der Waals surface area contributed by atoms with Crippen LogP contribution in [0.2, 0.25) is 0 Å². The first-order chi connectivity index (χ1) is 10.3. The smallest absolute Gasteiger partial charge is 0.171 e. The van der Waals surface area contributed by atoms with E-state index in [1.54, 1.807) is 36.4 Å². The molecule has 108 valence electrons. The van der Waals surface area contributed by atoms with Gasteiger partial charge in [-0.05, 0) is 18.2 Å². The quantitative estimate of drug-likeness (QED) is 0.878. The topological polar surface area (TPSA) is 38.7 Å². The van der Waals surface area contributed by atoms with Gasteiger partial charge in [0.05, 0.1) is 12.7 Å². The SMILES string of the molecule is COc1cccc(COc2ccccc2C#CCO)c1F. The van der Waals surface area contributed by atoms with Crippen LogP contribution in [-0.4, -0.2) is 18.8 Å². The summed E-state index contributed by atoms with van der Waals surface area (Å²) in [6, 6.07) is 12.1. The fraction of sp³-hybridized carbons (Fsp3) is 0.176. The molecule has 0 saturated carbocycles. The minimum atomic E-state index is -0.432. The molecule has 0 aliphatic rings. The largest absolute Gasteiger partial charge is 0.494 e. The summed E-state index contributed by atoms with van der Waals surface area (Å²) in [4.78, 5) is 0. The highest BCUT2D eigenvalue weighted by molar-refractivity contribution is 5.46. The highest BCUT2D eigenvalue weighted by Gasteiger charge is 2.09. The molecule has 0 aromatic heterocycles. The fourth-order valence-electron chi connectivity index (χ4n) is 1.81. The van der Waals surface area contributed by atoms with Crippen LogP contribution in [-0.2, 0) is 6.61 Å². The summed E-state index contributed by atoms with van der Waals surface area (Å²) < 4.78 is 24.6. The normalized spacial score (nSPS) is 9.67. The number of hydrogen-bond acceptors (Lipinski definition) is 3. The Labute approximate surface area is 122 Å². The molecule has 0 spiro atoms. The van der Waals surface area contributed by atoms with Crippen molar-refractivity contribution in [3.05, 3.63) is 59.4 Å². The Morgan fingerprint density at radius 3 is 2.62 bits per heavy atom. The third kappa shape index (κ3) is 3.74. The van der Waals surface area contributed by atoms with Gasteiger partial charge in [0.15, 0.2) is 11.6 Å². The molecular formula is C17H15FO3. The number of ether oxygens (including phenoxy) is 2. The maximum absolute atomic E-state index is 14.0. The van der Waals surface area contributed by atoms with Crippen molar-refractivity contribution in [2.45, 2.75) is 6.61 Å². The van der Waals surface area contributed by atoms with E-state index in [9.17, 15) is 4.39 Å². The molecule has 2 aromatic rings. The Morgan fingerprint density at radius 1 is 1.10 bits per heavy atom. The number of aliphatic hydroxyl groups is 1. The summed E-state index contributed by atoms with van der Waals surface area (Å²) in [5, 5.41) is 8.74. The van der Waals surface area contributed by atoms with Crippen molar-refractivity contribution in [1.29, 1.82) is 0 Å². The summed E-state index contributed by atoms with van der Waals surface area (Å²) in [5.41, 5.74) is 1.05. The molecule has 0 unspecified atom stereocenters. The Morgan fingerprint density at radius 2 is 1.86 bits per heavy atom. The van der Waals surface area contributed by atoms with E-state index in [-0.39, 0.29) is 19.0 Å². The van der Waals surface area contributed by atoms with Gasteiger partial charge in [-0.1, -0.05) is 36.1 Å². The third-order valence-electron chi connectivity index (χ3n) is 2.84. The molecule has 21 heavy (non-hydrogen) atoms. The van der Waals surface area contributed by atoms with Crippen LogP contribution in [0, 0.1) is 17.7 Å². The van der Waals surface area contributed by atoms with E-state index in [2.05, 4.69) is 11.8 Å². The first kappa shape index (κ1) is 14.9. The van der Waals surface area contributed by atoms with Crippen molar-refractivity contribution < 1.29 is 19.0 Å². The molecule has 0 amide bonds. The van der Waals surface area contributed by atoms with Crippen LogP contribution < -0.4 is 9.47 Å². The Balaban J connectivity index is 2.17. The van der Waals surface area contributed by atoms with Crippen LogP contribution in [0.4, 0.5) is 4.39 Å². The predicted molar refractivity (Wildman–Crippen MR) is 77.7 cm³/mol. The molecule has 3 nitrogen and oxygen atoms in total. The third-order valence-corrected chi connectivity index (χ3v) is 2.84. The molecule has 0 aliphatic carbocycles. The summed E-state index contributed by atoms with van der Waals surface area (Å²) >= 11 is 0. The van der Waals surface area contributed by atoms with Gasteiger partial charge < -0.3 is 14.6 Å². The van der Waals surface area contributed by atoms with Crippen LogP contribution in [0.1, 0.15) is 11.1 Å². The lowest BCUT2D eigenvalue weighted by molar-refractivity contribution is 0.295. The summed E-state index contributed by atoms with van der Waals surface area (Å²) in [5.74, 6) is 5.65. The fourth-order valence-corrected chi connectivity index (χ4v) is 1.81. The zero-order valence-electron chi connectivity index (χ0n) is 11.6.